The Morgan fingerprint density at radius 2 is 1.89 bits per heavy atom. The van der Waals surface area contributed by atoms with Crippen molar-refractivity contribution >= 4 is 21.9 Å². The first-order valence-electron chi connectivity index (χ1n) is 12.4. The van der Waals surface area contributed by atoms with Gasteiger partial charge in [0.2, 0.25) is 0 Å². The molecule has 2 aliphatic rings. The van der Waals surface area contributed by atoms with Crippen molar-refractivity contribution in [1.82, 2.24) is 24.6 Å². The van der Waals surface area contributed by atoms with Crippen LogP contribution in [-0.4, -0.2) is 57.5 Å². The van der Waals surface area contributed by atoms with Crippen LogP contribution in [0.1, 0.15) is 6.42 Å². The molecule has 1 fully saturated rings. The van der Waals surface area contributed by atoms with Crippen LogP contribution in [-0.2, 0) is 6.54 Å². The van der Waals surface area contributed by atoms with E-state index in [1.165, 1.54) is 0 Å². The predicted octanol–water partition coefficient (Wildman–Crippen LogP) is 3.38. The second-order valence-corrected chi connectivity index (χ2v) is 9.64. The third-order valence-electron chi connectivity index (χ3n) is 7.39. The Morgan fingerprint density at radius 1 is 1.03 bits per heavy atom. The van der Waals surface area contributed by atoms with Crippen LogP contribution in [0.4, 0.5) is 0 Å². The molecule has 4 heterocycles. The highest BCUT2D eigenvalue weighted by atomic mass is 16.5. The van der Waals surface area contributed by atoms with Crippen molar-refractivity contribution in [2.24, 2.45) is 0 Å². The molecule has 2 atom stereocenters. The maximum absolute atomic E-state index is 13.4. The second kappa shape index (κ2) is 8.35. The maximum Gasteiger partial charge on any atom is 0.275 e. The van der Waals surface area contributed by atoms with Gasteiger partial charge in [-0.2, -0.15) is 0 Å². The molecule has 0 saturated carbocycles. The number of hydrogen-bond acceptors (Lipinski definition) is 6. The Labute approximate surface area is 211 Å². The zero-order chi connectivity index (χ0) is 25.1. The summed E-state index contributed by atoms with van der Waals surface area (Å²) in [6.07, 6.45) is 0.849. The molecule has 7 rings (SSSR count). The topological polar surface area (TPSA) is 105 Å². The molecule has 0 radical (unpaired) electrons. The van der Waals surface area contributed by atoms with Crippen molar-refractivity contribution in [2.75, 3.05) is 26.7 Å². The summed E-state index contributed by atoms with van der Waals surface area (Å²) in [4.78, 5) is 36.6. The van der Waals surface area contributed by atoms with Crippen LogP contribution in [0.3, 0.4) is 0 Å². The number of ether oxygens (including phenoxy) is 2. The lowest BCUT2D eigenvalue weighted by Gasteiger charge is -2.19. The average molecular weight is 496 g/mol. The summed E-state index contributed by atoms with van der Waals surface area (Å²) in [6.45, 7) is 2.90. The summed E-state index contributed by atoms with van der Waals surface area (Å²) < 4.78 is 13.5. The second-order valence-electron chi connectivity index (χ2n) is 9.64. The average Bonchev–Trinajstić information content (AvgIpc) is 3.50. The fourth-order valence-corrected chi connectivity index (χ4v) is 5.44. The minimum absolute atomic E-state index is 0.0201. The van der Waals surface area contributed by atoms with Crippen LogP contribution in [0.25, 0.3) is 44.3 Å². The Bertz CT molecular complexity index is 1780. The Hall–Kier alpha value is -4.37. The minimum atomic E-state index is -0.328. The van der Waals surface area contributed by atoms with E-state index >= 15 is 0 Å². The predicted molar refractivity (Wildman–Crippen MR) is 141 cm³/mol. The minimum Gasteiger partial charge on any atom is -0.497 e. The lowest BCUT2D eigenvalue weighted by atomic mass is 10.0. The number of H-pyrrole nitrogens is 2. The first-order chi connectivity index (χ1) is 18.1. The quantitative estimate of drug-likeness (QED) is 0.389. The molecule has 1 unspecified atom stereocenters. The summed E-state index contributed by atoms with van der Waals surface area (Å²) in [7, 11) is 1.64. The van der Waals surface area contributed by atoms with Crippen LogP contribution in [0.2, 0.25) is 0 Å². The molecule has 2 N–H and O–H groups in total. The number of methoxy groups -OCH3 is 1. The molecule has 186 valence electrons. The van der Waals surface area contributed by atoms with Crippen molar-refractivity contribution < 1.29 is 9.47 Å². The Morgan fingerprint density at radius 3 is 2.73 bits per heavy atom. The highest BCUT2D eigenvalue weighted by Crippen LogP contribution is 2.34. The number of aromatic amines is 2. The van der Waals surface area contributed by atoms with Gasteiger partial charge in [0, 0.05) is 25.2 Å². The molecule has 37 heavy (non-hydrogen) atoms. The van der Waals surface area contributed by atoms with Crippen molar-refractivity contribution in [3.63, 3.8) is 0 Å². The fourth-order valence-electron chi connectivity index (χ4n) is 5.44. The molecule has 2 aliphatic heterocycles. The van der Waals surface area contributed by atoms with Gasteiger partial charge in [-0.3, -0.25) is 24.3 Å². The van der Waals surface area contributed by atoms with Gasteiger partial charge in [-0.25, -0.2) is 4.98 Å². The van der Waals surface area contributed by atoms with Crippen LogP contribution in [0, 0.1) is 0 Å². The van der Waals surface area contributed by atoms with E-state index in [1.54, 1.807) is 23.9 Å². The number of nitrogens with zero attached hydrogens (tertiary/aromatic N) is 3. The van der Waals surface area contributed by atoms with Crippen LogP contribution < -0.4 is 20.6 Å². The van der Waals surface area contributed by atoms with E-state index in [-0.39, 0.29) is 22.9 Å². The molecule has 6 bridgehead atoms. The molecule has 9 heteroatoms. The number of fused-ring (bicyclic) bond motifs is 5. The van der Waals surface area contributed by atoms with Gasteiger partial charge in [0.05, 0.1) is 30.1 Å². The van der Waals surface area contributed by atoms with E-state index in [1.807, 2.05) is 42.5 Å². The third kappa shape index (κ3) is 3.62. The van der Waals surface area contributed by atoms with Gasteiger partial charge in [-0.15, -0.1) is 0 Å². The monoisotopic (exact) mass is 495 g/mol. The molecule has 5 aromatic rings. The molecule has 0 aliphatic carbocycles. The first kappa shape index (κ1) is 21.9. The summed E-state index contributed by atoms with van der Waals surface area (Å²) >= 11 is 0. The SMILES string of the molecule is COc1ccc(-c2cc3c4nc(c(=O)[nH]c4c2)-c2cccc4c(=O)n([nH]c24)CCN2CC[C@@H](C2)O3)cc1. The van der Waals surface area contributed by atoms with E-state index in [9.17, 15) is 9.59 Å². The zero-order valence-corrected chi connectivity index (χ0v) is 20.3. The first-order valence-corrected chi connectivity index (χ1v) is 12.4. The summed E-state index contributed by atoms with van der Waals surface area (Å²) in [6, 6.07) is 17.1. The highest BCUT2D eigenvalue weighted by molar-refractivity contribution is 5.94. The van der Waals surface area contributed by atoms with Crippen molar-refractivity contribution in [1.29, 1.82) is 0 Å². The largest absolute Gasteiger partial charge is 0.497 e. The van der Waals surface area contributed by atoms with Gasteiger partial charge >= 0.3 is 0 Å². The van der Waals surface area contributed by atoms with Gasteiger partial charge in [0.25, 0.3) is 11.1 Å². The summed E-state index contributed by atoms with van der Waals surface area (Å²) in [5.74, 6) is 1.40. The molecule has 9 nitrogen and oxygen atoms in total. The van der Waals surface area contributed by atoms with Gasteiger partial charge in [0.1, 0.15) is 28.8 Å². The number of nitrogens with one attached hydrogen (secondary N) is 2. The third-order valence-corrected chi connectivity index (χ3v) is 7.39. The zero-order valence-electron chi connectivity index (χ0n) is 20.3. The fraction of sp³-hybridized carbons (Fsp3) is 0.250. The smallest absolute Gasteiger partial charge is 0.275 e. The van der Waals surface area contributed by atoms with Gasteiger partial charge < -0.3 is 14.5 Å². The standard InChI is InChI=1S/C28H25N5O4/c1-36-18-7-5-16(6-8-18)17-13-22-26-23(14-17)37-19-9-10-32(15-19)11-12-33-28(35)21-4-2-3-20(24(21)31-33)25(30-26)27(34)29-22/h2-8,13-14,19,31H,9-12,15H2,1H3,(H,29,34)/t19-/m0/s1. The number of benzene rings is 3. The van der Waals surface area contributed by atoms with E-state index in [0.717, 1.165) is 42.9 Å². The normalized spacial score (nSPS) is 18.8. The van der Waals surface area contributed by atoms with Gasteiger partial charge in [-0.1, -0.05) is 24.3 Å². The molecule has 0 spiro atoms. The molecular formula is C28H25N5O4. The van der Waals surface area contributed by atoms with E-state index < -0.39 is 0 Å². The molecular weight excluding hydrogens is 470 g/mol. The van der Waals surface area contributed by atoms with Crippen molar-refractivity contribution in [2.45, 2.75) is 19.1 Å². The Balaban J connectivity index is 1.48. The number of hydrogen-bond donors (Lipinski definition) is 2. The van der Waals surface area contributed by atoms with Gasteiger partial charge in [-0.05, 0) is 47.9 Å². The number of para-hydroxylation sites is 1. The lowest BCUT2D eigenvalue weighted by molar-refractivity contribution is 0.199. The van der Waals surface area contributed by atoms with Crippen LogP contribution >= 0.6 is 0 Å². The molecule has 1 saturated heterocycles. The highest BCUT2D eigenvalue weighted by Gasteiger charge is 2.26. The van der Waals surface area contributed by atoms with Crippen LogP contribution in [0.15, 0.2) is 64.2 Å². The summed E-state index contributed by atoms with van der Waals surface area (Å²) in [5.41, 5.74) is 4.09. The summed E-state index contributed by atoms with van der Waals surface area (Å²) in [5, 5.41) is 3.78. The van der Waals surface area contributed by atoms with Crippen molar-refractivity contribution in [3.05, 3.63) is 75.3 Å². The van der Waals surface area contributed by atoms with E-state index in [2.05, 4.69) is 15.0 Å². The molecule has 3 aromatic carbocycles. The Kier molecular flexibility index (Phi) is 4.93. The number of aromatic nitrogens is 4. The van der Waals surface area contributed by atoms with E-state index in [0.29, 0.717) is 39.8 Å². The van der Waals surface area contributed by atoms with E-state index in [4.69, 9.17) is 14.5 Å². The lowest BCUT2D eigenvalue weighted by Crippen LogP contribution is -2.30. The molecule has 2 aromatic heterocycles. The van der Waals surface area contributed by atoms with Gasteiger partial charge in [0.15, 0.2) is 0 Å². The van der Waals surface area contributed by atoms with Crippen molar-refractivity contribution in [3.8, 4) is 33.9 Å². The van der Waals surface area contributed by atoms with Crippen LogP contribution in [0.5, 0.6) is 11.5 Å². The molecule has 0 amide bonds. The maximum atomic E-state index is 13.4. The number of rotatable bonds is 2.